The molecule has 23 heavy (non-hydrogen) atoms. The Labute approximate surface area is 142 Å². The molecule has 1 aromatic carbocycles. The van der Waals surface area contributed by atoms with Crippen molar-refractivity contribution in [3.63, 3.8) is 0 Å². The highest BCUT2D eigenvalue weighted by Crippen LogP contribution is 2.38. The number of benzene rings is 1. The van der Waals surface area contributed by atoms with Crippen molar-refractivity contribution in [3.05, 3.63) is 45.6 Å². The molecule has 1 heterocycles. The minimum Gasteiger partial charge on any atom is -0.480 e. The van der Waals surface area contributed by atoms with Gasteiger partial charge in [0.05, 0.1) is 31.0 Å². The van der Waals surface area contributed by atoms with E-state index >= 15 is 0 Å². The van der Waals surface area contributed by atoms with Crippen LogP contribution in [-0.2, 0) is 4.74 Å². The summed E-state index contributed by atoms with van der Waals surface area (Å²) in [4.78, 5) is 15.7. The van der Waals surface area contributed by atoms with E-state index in [4.69, 9.17) is 37.9 Å². The summed E-state index contributed by atoms with van der Waals surface area (Å²) in [5, 5.41) is 9.27. The molecule has 118 valence electrons. The number of carbonyl (C=O) groups is 1. The van der Waals surface area contributed by atoms with E-state index in [1.807, 2.05) is 6.07 Å². The Hall–Kier alpha value is -2.49. The number of nitriles is 1. The van der Waals surface area contributed by atoms with Gasteiger partial charge >= 0.3 is 5.97 Å². The van der Waals surface area contributed by atoms with Crippen molar-refractivity contribution in [1.29, 1.82) is 5.26 Å². The molecule has 0 bridgehead atoms. The highest BCUT2D eigenvalue weighted by atomic mass is 35.5. The number of rotatable bonds is 4. The third kappa shape index (κ3) is 3.47. The van der Waals surface area contributed by atoms with Gasteiger partial charge in [-0.15, -0.1) is 0 Å². The van der Waals surface area contributed by atoms with Gasteiger partial charge in [-0.1, -0.05) is 23.2 Å². The van der Waals surface area contributed by atoms with Crippen molar-refractivity contribution in [2.24, 2.45) is 0 Å². The first kappa shape index (κ1) is 16.9. The van der Waals surface area contributed by atoms with E-state index in [1.165, 1.54) is 38.6 Å². The van der Waals surface area contributed by atoms with Gasteiger partial charge in [-0.2, -0.15) is 5.26 Å². The summed E-state index contributed by atoms with van der Waals surface area (Å²) in [5.41, 5.74) is 0.289. The minimum atomic E-state index is -0.636. The summed E-state index contributed by atoms with van der Waals surface area (Å²) in [5.74, 6) is -0.268. The molecule has 2 aromatic rings. The Balaban J connectivity index is 2.46. The lowest BCUT2D eigenvalue weighted by molar-refractivity contribution is 0.0595. The van der Waals surface area contributed by atoms with Crippen molar-refractivity contribution in [3.8, 4) is 23.4 Å². The first-order valence-corrected chi connectivity index (χ1v) is 6.95. The second-order valence-electron chi connectivity index (χ2n) is 4.17. The van der Waals surface area contributed by atoms with Crippen LogP contribution in [0.4, 0.5) is 0 Å². The molecule has 2 rings (SSSR count). The van der Waals surface area contributed by atoms with Crippen LogP contribution in [0.15, 0.2) is 24.4 Å². The zero-order valence-electron chi connectivity index (χ0n) is 12.1. The normalized spacial score (nSPS) is 9.87. The summed E-state index contributed by atoms with van der Waals surface area (Å²) in [6.45, 7) is 0. The fourth-order valence-corrected chi connectivity index (χ4v) is 2.23. The van der Waals surface area contributed by atoms with Crippen molar-refractivity contribution < 1.29 is 19.0 Å². The molecule has 1 aromatic heterocycles. The summed E-state index contributed by atoms with van der Waals surface area (Å²) >= 11 is 12.1. The fraction of sp³-hybridized carbons (Fsp3) is 0.133. The monoisotopic (exact) mass is 352 g/mol. The summed E-state index contributed by atoms with van der Waals surface area (Å²) in [6.07, 6.45) is 1.33. The first-order valence-electron chi connectivity index (χ1n) is 6.20. The zero-order chi connectivity index (χ0) is 17.0. The van der Waals surface area contributed by atoms with E-state index in [0.717, 1.165) is 0 Å². The van der Waals surface area contributed by atoms with Gasteiger partial charge in [0.15, 0.2) is 5.75 Å². The van der Waals surface area contributed by atoms with E-state index in [-0.39, 0.29) is 38.6 Å². The van der Waals surface area contributed by atoms with Gasteiger partial charge in [0, 0.05) is 6.07 Å². The van der Waals surface area contributed by atoms with Crippen molar-refractivity contribution in [2.75, 3.05) is 14.2 Å². The van der Waals surface area contributed by atoms with Gasteiger partial charge in [-0.05, 0) is 12.1 Å². The number of nitrogens with zero attached hydrogens (tertiary/aromatic N) is 2. The van der Waals surface area contributed by atoms with Gasteiger partial charge in [0.1, 0.15) is 22.4 Å². The van der Waals surface area contributed by atoms with Crippen LogP contribution >= 0.6 is 23.2 Å². The number of hydrogen-bond acceptors (Lipinski definition) is 6. The number of esters is 1. The lowest BCUT2D eigenvalue weighted by atomic mass is 10.2. The molecular weight excluding hydrogens is 343 g/mol. The van der Waals surface area contributed by atoms with Gasteiger partial charge in [-0.3, -0.25) is 0 Å². The Kier molecular flexibility index (Phi) is 5.27. The Morgan fingerprint density at radius 2 is 2.04 bits per heavy atom. The number of aromatic nitrogens is 1. The quantitative estimate of drug-likeness (QED) is 0.777. The highest BCUT2D eigenvalue weighted by molar-refractivity contribution is 6.37. The summed E-state index contributed by atoms with van der Waals surface area (Å²) < 4.78 is 15.2. The van der Waals surface area contributed by atoms with Crippen molar-refractivity contribution in [1.82, 2.24) is 4.98 Å². The van der Waals surface area contributed by atoms with Crippen LogP contribution in [0.3, 0.4) is 0 Å². The van der Waals surface area contributed by atoms with Gasteiger partial charge in [-0.25, -0.2) is 9.78 Å². The minimum absolute atomic E-state index is 0.0652. The number of ether oxygens (including phenoxy) is 3. The molecule has 0 spiro atoms. The second-order valence-corrected chi connectivity index (χ2v) is 4.96. The standard InChI is InChI=1S/C15H10Cl2N2O4/c1-21-14-10(15(20)22-2)5-9(7-19-14)23-13-11(16)4-3-8(6-18)12(13)17/h3-5,7H,1-2H3. The maximum atomic E-state index is 11.7. The molecular formula is C15H10Cl2N2O4. The number of hydrogen-bond donors (Lipinski definition) is 0. The molecule has 6 nitrogen and oxygen atoms in total. The maximum absolute atomic E-state index is 11.7. The van der Waals surface area contributed by atoms with Crippen molar-refractivity contribution in [2.45, 2.75) is 0 Å². The van der Waals surface area contributed by atoms with Crippen LogP contribution in [0.5, 0.6) is 17.4 Å². The van der Waals surface area contributed by atoms with E-state index in [2.05, 4.69) is 9.72 Å². The largest absolute Gasteiger partial charge is 0.480 e. The van der Waals surface area contributed by atoms with Crippen LogP contribution < -0.4 is 9.47 Å². The SMILES string of the molecule is COC(=O)c1cc(Oc2c(Cl)ccc(C#N)c2Cl)cnc1OC. The second kappa shape index (κ2) is 7.18. The topological polar surface area (TPSA) is 81.4 Å². The average molecular weight is 353 g/mol. The van der Waals surface area contributed by atoms with Crippen LogP contribution in [-0.4, -0.2) is 25.2 Å². The molecule has 0 N–H and O–H groups in total. The molecule has 0 saturated carbocycles. The van der Waals surface area contributed by atoms with Gasteiger partial charge in [0.2, 0.25) is 5.88 Å². The lowest BCUT2D eigenvalue weighted by Gasteiger charge is -2.12. The average Bonchev–Trinajstić information content (AvgIpc) is 2.57. The molecule has 0 amide bonds. The van der Waals surface area contributed by atoms with Gasteiger partial charge < -0.3 is 14.2 Å². The molecule has 0 aliphatic carbocycles. The van der Waals surface area contributed by atoms with E-state index < -0.39 is 5.97 Å². The lowest BCUT2D eigenvalue weighted by Crippen LogP contribution is -2.06. The highest BCUT2D eigenvalue weighted by Gasteiger charge is 2.18. The summed E-state index contributed by atoms with van der Waals surface area (Å²) in [6, 6.07) is 6.27. The predicted molar refractivity (Wildman–Crippen MR) is 83.4 cm³/mol. The third-order valence-corrected chi connectivity index (χ3v) is 3.49. The summed E-state index contributed by atoms with van der Waals surface area (Å²) in [7, 11) is 2.61. The molecule has 0 fully saturated rings. The van der Waals surface area contributed by atoms with Gasteiger partial charge in [0.25, 0.3) is 0 Å². The zero-order valence-corrected chi connectivity index (χ0v) is 13.6. The molecule has 0 unspecified atom stereocenters. The van der Waals surface area contributed by atoms with E-state index in [0.29, 0.717) is 0 Å². The smallest absolute Gasteiger partial charge is 0.343 e. The van der Waals surface area contributed by atoms with Crippen LogP contribution in [0.25, 0.3) is 0 Å². The molecule has 0 saturated heterocycles. The maximum Gasteiger partial charge on any atom is 0.343 e. The van der Waals surface area contributed by atoms with Crippen LogP contribution in [0.1, 0.15) is 15.9 Å². The fourth-order valence-electron chi connectivity index (χ4n) is 1.74. The Morgan fingerprint density at radius 3 is 2.65 bits per heavy atom. The van der Waals surface area contributed by atoms with E-state index in [1.54, 1.807) is 0 Å². The van der Waals surface area contributed by atoms with Crippen molar-refractivity contribution >= 4 is 29.2 Å². The number of pyridine rings is 1. The predicted octanol–water partition coefficient (Wildman–Crippen LogP) is 3.85. The molecule has 0 aliphatic heterocycles. The first-order chi connectivity index (χ1) is 11.0. The molecule has 0 aliphatic rings. The molecule has 0 radical (unpaired) electrons. The number of halogens is 2. The Bertz CT molecular complexity index is 803. The number of carbonyl (C=O) groups excluding carboxylic acids is 1. The van der Waals surface area contributed by atoms with E-state index in [9.17, 15) is 4.79 Å². The third-order valence-electron chi connectivity index (χ3n) is 2.81. The molecule has 0 atom stereocenters. The Morgan fingerprint density at radius 1 is 1.30 bits per heavy atom. The van der Waals surface area contributed by atoms with Crippen LogP contribution in [0.2, 0.25) is 10.0 Å². The molecule has 8 heteroatoms. The number of methoxy groups -OCH3 is 2. The van der Waals surface area contributed by atoms with Crippen LogP contribution in [0, 0.1) is 11.3 Å².